The summed E-state index contributed by atoms with van der Waals surface area (Å²) in [6.45, 7) is 1.90. The van der Waals surface area contributed by atoms with Crippen molar-refractivity contribution in [2.45, 2.75) is 25.9 Å². The zero-order chi connectivity index (χ0) is 24.0. The van der Waals surface area contributed by atoms with Crippen LogP contribution in [0.1, 0.15) is 40.5 Å². The number of ketones is 1. The van der Waals surface area contributed by atoms with Crippen LogP contribution in [0.15, 0.2) is 48.5 Å². The Bertz CT molecular complexity index is 1140. The van der Waals surface area contributed by atoms with Crippen molar-refractivity contribution in [3.8, 4) is 0 Å². The lowest BCUT2D eigenvalue weighted by Crippen LogP contribution is -2.38. The monoisotopic (exact) mass is 473 g/mol. The Morgan fingerprint density at radius 2 is 1.88 bits per heavy atom. The van der Waals surface area contributed by atoms with Crippen molar-refractivity contribution in [3.63, 3.8) is 0 Å². The van der Waals surface area contributed by atoms with Crippen LogP contribution in [0.2, 0.25) is 0 Å². The van der Waals surface area contributed by atoms with Gasteiger partial charge in [-0.25, -0.2) is 8.42 Å². The molecule has 2 amide bonds. The molecule has 9 nitrogen and oxygen atoms in total. The van der Waals surface area contributed by atoms with Crippen molar-refractivity contribution in [1.29, 1.82) is 0 Å². The van der Waals surface area contributed by atoms with Gasteiger partial charge in [0, 0.05) is 18.7 Å². The summed E-state index contributed by atoms with van der Waals surface area (Å²) in [4.78, 5) is 37.1. The second-order valence-electron chi connectivity index (χ2n) is 7.81. The fourth-order valence-electron chi connectivity index (χ4n) is 3.50. The van der Waals surface area contributed by atoms with Gasteiger partial charge in [-0.1, -0.05) is 24.3 Å². The minimum absolute atomic E-state index is 0.0233. The minimum Gasteiger partial charge on any atom is -0.376 e. The first-order valence-corrected chi connectivity index (χ1v) is 12.4. The SMILES string of the molecule is CC(=O)c1cccc(N(CC(=O)Nc2ccccc2C(=O)NC[C@@H]2CCCO2)S(C)(=O)=O)c1. The van der Waals surface area contributed by atoms with Crippen molar-refractivity contribution in [3.05, 3.63) is 59.7 Å². The van der Waals surface area contributed by atoms with Crippen LogP contribution in [-0.2, 0) is 19.6 Å². The predicted molar refractivity (Wildman–Crippen MR) is 125 cm³/mol. The highest BCUT2D eigenvalue weighted by atomic mass is 32.2. The zero-order valence-electron chi connectivity index (χ0n) is 18.5. The molecular formula is C23H27N3O6S. The van der Waals surface area contributed by atoms with Crippen molar-refractivity contribution >= 4 is 39.0 Å². The van der Waals surface area contributed by atoms with E-state index in [2.05, 4.69) is 10.6 Å². The normalized spacial score (nSPS) is 15.6. The number of nitrogens with zero attached hydrogens (tertiary/aromatic N) is 1. The predicted octanol–water partition coefficient (Wildman–Crippen LogP) is 2.20. The Morgan fingerprint density at radius 1 is 1.12 bits per heavy atom. The number of anilines is 2. The number of hydrogen-bond donors (Lipinski definition) is 2. The van der Waals surface area contributed by atoms with Gasteiger partial charge < -0.3 is 15.4 Å². The number of sulfonamides is 1. The minimum atomic E-state index is -3.82. The lowest BCUT2D eigenvalue weighted by Gasteiger charge is -2.22. The molecule has 0 saturated carbocycles. The number of para-hydroxylation sites is 1. The molecule has 176 valence electrons. The van der Waals surface area contributed by atoms with Gasteiger partial charge >= 0.3 is 0 Å². The van der Waals surface area contributed by atoms with Crippen molar-refractivity contribution < 1.29 is 27.5 Å². The number of ether oxygens (including phenoxy) is 1. The van der Waals surface area contributed by atoms with Crippen LogP contribution in [0.4, 0.5) is 11.4 Å². The van der Waals surface area contributed by atoms with Crippen molar-refractivity contribution in [1.82, 2.24) is 5.32 Å². The van der Waals surface area contributed by atoms with Gasteiger partial charge in [0.25, 0.3) is 5.91 Å². The molecule has 0 aromatic heterocycles. The highest BCUT2D eigenvalue weighted by Crippen LogP contribution is 2.21. The van der Waals surface area contributed by atoms with Crippen LogP contribution in [0.3, 0.4) is 0 Å². The number of benzene rings is 2. The smallest absolute Gasteiger partial charge is 0.253 e. The van der Waals surface area contributed by atoms with Gasteiger partial charge in [-0.05, 0) is 44.0 Å². The van der Waals surface area contributed by atoms with Gasteiger partial charge in [-0.2, -0.15) is 0 Å². The molecule has 0 radical (unpaired) electrons. The topological polar surface area (TPSA) is 122 Å². The zero-order valence-corrected chi connectivity index (χ0v) is 19.4. The standard InChI is InChI=1S/C23H27N3O6S/c1-16(27)17-7-5-8-18(13-17)26(33(2,30)31)15-22(28)25-21-11-4-3-10-20(21)23(29)24-14-19-9-6-12-32-19/h3-5,7-8,10-11,13,19H,6,9,12,14-15H2,1-2H3,(H,24,29)(H,25,28)/t19-/m0/s1. The molecule has 1 fully saturated rings. The van der Waals surface area contributed by atoms with Crippen molar-refractivity contribution in [2.24, 2.45) is 0 Å². The molecule has 3 rings (SSSR count). The van der Waals surface area contributed by atoms with Crippen LogP contribution in [0.25, 0.3) is 0 Å². The third-order valence-corrected chi connectivity index (χ3v) is 6.33. The molecule has 0 unspecified atom stereocenters. The molecule has 1 heterocycles. The number of carbonyl (C=O) groups is 3. The van der Waals surface area contributed by atoms with E-state index in [1.54, 1.807) is 36.4 Å². The van der Waals surface area contributed by atoms with Gasteiger partial charge in [0.1, 0.15) is 6.54 Å². The lowest BCUT2D eigenvalue weighted by molar-refractivity contribution is -0.114. The molecular weight excluding hydrogens is 446 g/mol. The maximum absolute atomic E-state index is 12.8. The molecule has 1 atom stereocenters. The molecule has 2 aromatic carbocycles. The molecule has 1 saturated heterocycles. The maximum Gasteiger partial charge on any atom is 0.253 e. The Labute approximate surface area is 193 Å². The summed E-state index contributed by atoms with van der Waals surface area (Å²) in [7, 11) is -3.82. The average molecular weight is 474 g/mol. The van der Waals surface area contributed by atoms with Crippen molar-refractivity contribution in [2.75, 3.05) is 35.6 Å². The molecule has 33 heavy (non-hydrogen) atoms. The Hall–Kier alpha value is -3.24. The average Bonchev–Trinajstić information content (AvgIpc) is 3.29. The maximum atomic E-state index is 12.8. The van der Waals surface area contributed by atoms with Gasteiger partial charge in [0.05, 0.1) is 29.3 Å². The van der Waals surface area contributed by atoms with Crippen LogP contribution < -0.4 is 14.9 Å². The fourth-order valence-corrected chi connectivity index (χ4v) is 4.35. The Morgan fingerprint density at radius 3 is 2.55 bits per heavy atom. The largest absolute Gasteiger partial charge is 0.376 e. The first-order valence-electron chi connectivity index (χ1n) is 10.5. The third-order valence-electron chi connectivity index (χ3n) is 5.19. The summed E-state index contributed by atoms with van der Waals surface area (Å²) in [5.41, 5.74) is 1.05. The molecule has 2 N–H and O–H groups in total. The molecule has 0 bridgehead atoms. The summed E-state index contributed by atoms with van der Waals surface area (Å²) in [5.74, 6) is -1.22. The fraction of sp³-hybridized carbons (Fsp3) is 0.348. The number of hydrogen-bond acceptors (Lipinski definition) is 6. The van der Waals surface area contributed by atoms with Crippen LogP contribution >= 0.6 is 0 Å². The van der Waals surface area contributed by atoms with Crippen LogP contribution in [0, 0.1) is 0 Å². The molecule has 0 spiro atoms. The van der Waals surface area contributed by atoms with Gasteiger partial charge in [0.15, 0.2) is 5.78 Å². The van der Waals surface area contributed by atoms with E-state index >= 15 is 0 Å². The molecule has 0 aliphatic carbocycles. The quantitative estimate of drug-likeness (QED) is 0.539. The Balaban J connectivity index is 1.74. The molecule has 1 aliphatic heterocycles. The van der Waals surface area contributed by atoms with Gasteiger partial charge in [-0.15, -0.1) is 0 Å². The van der Waals surface area contributed by atoms with Crippen LogP contribution in [0.5, 0.6) is 0 Å². The number of rotatable bonds is 9. The first kappa shape index (κ1) is 24.4. The highest BCUT2D eigenvalue weighted by Gasteiger charge is 2.23. The van der Waals surface area contributed by atoms with Crippen LogP contribution in [-0.4, -0.2) is 58.1 Å². The van der Waals surface area contributed by atoms with E-state index in [-0.39, 0.29) is 34.7 Å². The summed E-state index contributed by atoms with van der Waals surface area (Å²) in [6.07, 6.45) is 2.79. The van der Waals surface area contributed by atoms with E-state index < -0.39 is 22.5 Å². The number of Topliss-reactive ketones (excluding diaryl/α,β-unsaturated/α-hetero) is 1. The molecule has 10 heteroatoms. The number of carbonyl (C=O) groups excluding carboxylic acids is 3. The van der Waals surface area contributed by atoms with E-state index in [1.807, 2.05) is 0 Å². The summed E-state index contributed by atoms with van der Waals surface area (Å²) in [5, 5.41) is 5.43. The van der Waals surface area contributed by atoms with Gasteiger partial charge in [-0.3, -0.25) is 18.7 Å². The van der Waals surface area contributed by atoms with E-state index in [9.17, 15) is 22.8 Å². The van der Waals surface area contributed by atoms with E-state index in [0.717, 1.165) is 23.4 Å². The summed E-state index contributed by atoms with van der Waals surface area (Å²) in [6, 6.07) is 12.5. The second kappa shape index (κ2) is 10.6. The Kier molecular flexibility index (Phi) is 7.83. The number of amides is 2. The van der Waals surface area contributed by atoms with E-state index in [1.165, 1.54) is 19.1 Å². The first-order chi connectivity index (χ1) is 15.6. The van der Waals surface area contributed by atoms with E-state index in [4.69, 9.17) is 4.74 Å². The highest BCUT2D eigenvalue weighted by molar-refractivity contribution is 7.92. The van der Waals surface area contributed by atoms with E-state index in [0.29, 0.717) is 18.7 Å². The molecule has 2 aromatic rings. The third kappa shape index (κ3) is 6.62. The lowest BCUT2D eigenvalue weighted by atomic mass is 10.1. The van der Waals surface area contributed by atoms with Gasteiger partial charge in [0.2, 0.25) is 15.9 Å². The summed E-state index contributed by atoms with van der Waals surface area (Å²) < 4.78 is 31.2. The summed E-state index contributed by atoms with van der Waals surface area (Å²) >= 11 is 0. The molecule has 1 aliphatic rings. The second-order valence-corrected chi connectivity index (χ2v) is 9.72. The number of nitrogens with one attached hydrogen (secondary N) is 2.